The van der Waals surface area contributed by atoms with E-state index < -0.39 is 5.60 Å². The lowest BCUT2D eigenvalue weighted by Gasteiger charge is -2.30. The van der Waals surface area contributed by atoms with Gasteiger partial charge in [0.25, 0.3) is 0 Å². The third-order valence-corrected chi connectivity index (χ3v) is 5.22. The maximum absolute atomic E-state index is 13.0. The van der Waals surface area contributed by atoms with Crippen LogP contribution in [0, 0.1) is 0 Å². The third kappa shape index (κ3) is 3.70. The molecule has 4 rings (SSSR count). The van der Waals surface area contributed by atoms with Gasteiger partial charge < -0.3 is 10.1 Å². The molecule has 0 unspecified atom stereocenters. The van der Waals surface area contributed by atoms with Crippen LogP contribution in [0.2, 0.25) is 0 Å². The summed E-state index contributed by atoms with van der Waals surface area (Å²) in [6.07, 6.45) is 8.24. The lowest BCUT2D eigenvalue weighted by atomic mass is 9.91. The highest BCUT2D eigenvalue weighted by Gasteiger charge is 2.33. The topological polar surface area (TPSA) is 91.0 Å². The van der Waals surface area contributed by atoms with Gasteiger partial charge in [0.1, 0.15) is 5.60 Å². The van der Waals surface area contributed by atoms with Crippen molar-refractivity contribution in [1.82, 2.24) is 24.4 Å². The summed E-state index contributed by atoms with van der Waals surface area (Å²) in [5.74, 6) is 0. The third-order valence-electron chi connectivity index (χ3n) is 5.22. The number of hydrogen-bond donors (Lipinski definition) is 1. The van der Waals surface area contributed by atoms with Crippen molar-refractivity contribution in [2.24, 2.45) is 0 Å². The molecule has 2 aromatic heterocycles. The number of aromatic nitrogens is 4. The van der Waals surface area contributed by atoms with Gasteiger partial charge in [0, 0.05) is 30.5 Å². The average molecular weight is 373 g/mol. The number of nitrogens with zero attached hydrogens (tertiary/aromatic N) is 4. The number of fused-ring (bicyclic) bond motifs is 1. The second-order valence-electron chi connectivity index (χ2n) is 8.61. The highest BCUT2D eigenvalue weighted by atomic mass is 16.6. The molecule has 0 radical (unpaired) electrons. The van der Waals surface area contributed by atoms with Crippen LogP contribution in [-0.2, 0) is 4.74 Å². The van der Waals surface area contributed by atoms with Crippen LogP contribution >= 0.6 is 0 Å². The number of carbonyl (C=O) groups is 1. The van der Waals surface area contributed by atoms with Crippen LogP contribution in [0.15, 0.2) is 17.2 Å². The van der Waals surface area contributed by atoms with Crippen molar-refractivity contribution in [2.75, 3.05) is 0 Å². The summed E-state index contributed by atoms with van der Waals surface area (Å²) in [5, 5.41) is 2.95. The largest absolute Gasteiger partial charge is 0.444 e. The fraction of sp³-hybridized carbons (Fsp3) is 0.684. The van der Waals surface area contributed by atoms with Crippen molar-refractivity contribution < 1.29 is 9.53 Å². The lowest BCUT2D eigenvalue weighted by Crippen LogP contribution is -2.41. The van der Waals surface area contributed by atoms with E-state index in [9.17, 15) is 9.59 Å². The molecule has 2 heterocycles. The molecule has 0 aromatic carbocycles. The molecule has 1 N–H and O–H groups in total. The molecule has 146 valence electrons. The summed E-state index contributed by atoms with van der Waals surface area (Å²) in [7, 11) is 0. The Morgan fingerprint density at radius 1 is 1.00 bits per heavy atom. The molecule has 0 bridgehead atoms. The minimum Gasteiger partial charge on any atom is -0.444 e. The molecular weight excluding hydrogens is 346 g/mol. The van der Waals surface area contributed by atoms with E-state index in [0.29, 0.717) is 11.3 Å². The standard InChI is InChI=1S/C19H27N5O3/c1-19(2,3)27-17(25)22-12-4-6-13(7-5-12)23-15-16(21-11-10-20-15)24(18(23)26)14-8-9-14/h10-14H,4-9H2,1-3H3,(H,22,25)/t12-,13-. The normalized spacial score (nSPS) is 23.4. The lowest BCUT2D eigenvalue weighted by molar-refractivity contribution is 0.0488. The molecule has 2 fully saturated rings. The molecule has 8 heteroatoms. The molecule has 0 spiro atoms. The van der Waals surface area contributed by atoms with E-state index in [1.165, 1.54) is 0 Å². The highest BCUT2D eigenvalue weighted by molar-refractivity contribution is 5.68. The minimum atomic E-state index is -0.502. The Hall–Kier alpha value is -2.38. The van der Waals surface area contributed by atoms with Gasteiger partial charge >= 0.3 is 11.8 Å². The zero-order valence-corrected chi connectivity index (χ0v) is 16.1. The van der Waals surface area contributed by atoms with Crippen LogP contribution in [0.4, 0.5) is 4.79 Å². The van der Waals surface area contributed by atoms with Gasteiger partial charge in [-0.15, -0.1) is 0 Å². The highest BCUT2D eigenvalue weighted by Crippen LogP contribution is 2.37. The second kappa shape index (κ2) is 6.65. The van der Waals surface area contributed by atoms with Crippen LogP contribution in [0.25, 0.3) is 11.3 Å². The maximum atomic E-state index is 13.0. The number of alkyl carbamates (subject to hydrolysis) is 1. The second-order valence-corrected chi connectivity index (χ2v) is 8.61. The predicted molar refractivity (Wildman–Crippen MR) is 101 cm³/mol. The van der Waals surface area contributed by atoms with Gasteiger partial charge in [0.2, 0.25) is 0 Å². The average Bonchev–Trinajstić information content (AvgIpc) is 3.37. The summed E-state index contributed by atoms with van der Waals surface area (Å²) in [6, 6.07) is 0.436. The van der Waals surface area contributed by atoms with E-state index in [4.69, 9.17) is 4.74 Å². The number of nitrogens with one attached hydrogen (secondary N) is 1. The monoisotopic (exact) mass is 373 g/mol. The first-order valence-corrected chi connectivity index (χ1v) is 9.76. The Morgan fingerprint density at radius 3 is 1.93 bits per heavy atom. The van der Waals surface area contributed by atoms with Crippen LogP contribution in [0.1, 0.15) is 71.4 Å². The van der Waals surface area contributed by atoms with Crippen molar-refractivity contribution in [2.45, 2.75) is 83.0 Å². The zero-order valence-electron chi connectivity index (χ0n) is 16.1. The van der Waals surface area contributed by atoms with Crippen molar-refractivity contribution in [3.05, 3.63) is 22.9 Å². The number of carbonyl (C=O) groups excluding carboxylic acids is 1. The Labute approximate surface area is 157 Å². The molecule has 0 saturated heterocycles. The molecule has 2 aliphatic carbocycles. The van der Waals surface area contributed by atoms with Crippen molar-refractivity contribution >= 4 is 17.4 Å². The van der Waals surface area contributed by atoms with Gasteiger partial charge in [-0.3, -0.25) is 9.13 Å². The van der Waals surface area contributed by atoms with Crippen LogP contribution in [0.5, 0.6) is 0 Å². The van der Waals surface area contributed by atoms with E-state index in [1.54, 1.807) is 12.4 Å². The molecule has 8 nitrogen and oxygen atoms in total. The van der Waals surface area contributed by atoms with E-state index in [-0.39, 0.29) is 29.9 Å². The summed E-state index contributed by atoms with van der Waals surface area (Å²) >= 11 is 0. The van der Waals surface area contributed by atoms with Crippen molar-refractivity contribution in [1.29, 1.82) is 0 Å². The minimum absolute atomic E-state index is 0.00208. The molecular formula is C19H27N5O3. The summed E-state index contributed by atoms with van der Waals surface area (Å²) in [4.78, 5) is 33.9. The van der Waals surface area contributed by atoms with Crippen molar-refractivity contribution in [3.8, 4) is 0 Å². The number of ether oxygens (including phenoxy) is 1. The van der Waals surface area contributed by atoms with Crippen molar-refractivity contribution in [3.63, 3.8) is 0 Å². The Morgan fingerprint density at radius 2 is 1.48 bits per heavy atom. The maximum Gasteiger partial charge on any atom is 0.407 e. The van der Waals surface area contributed by atoms with Gasteiger partial charge in [0.15, 0.2) is 11.3 Å². The Balaban J connectivity index is 1.48. The molecule has 1 amide bonds. The number of hydrogen-bond acceptors (Lipinski definition) is 5. The first-order chi connectivity index (χ1) is 12.8. The van der Waals surface area contributed by atoms with Gasteiger partial charge in [-0.2, -0.15) is 0 Å². The van der Waals surface area contributed by atoms with Gasteiger partial charge in [-0.05, 0) is 59.3 Å². The molecule has 2 aliphatic rings. The summed E-state index contributed by atoms with van der Waals surface area (Å²) < 4.78 is 8.98. The van der Waals surface area contributed by atoms with E-state index in [1.807, 2.05) is 29.9 Å². The molecule has 0 atom stereocenters. The molecule has 27 heavy (non-hydrogen) atoms. The SMILES string of the molecule is CC(C)(C)OC(=O)N[C@H]1CC[C@H](n2c(=O)n(C3CC3)c3nccnc32)CC1. The molecule has 2 aromatic rings. The Kier molecular flexibility index (Phi) is 4.44. The molecule has 2 saturated carbocycles. The first-order valence-electron chi connectivity index (χ1n) is 9.76. The fourth-order valence-corrected chi connectivity index (χ4v) is 3.90. The number of amides is 1. The van der Waals surface area contributed by atoms with Gasteiger partial charge in [0.05, 0.1) is 0 Å². The molecule has 0 aliphatic heterocycles. The van der Waals surface area contributed by atoms with Gasteiger partial charge in [-0.25, -0.2) is 19.6 Å². The number of rotatable bonds is 3. The van der Waals surface area contributed by atoms with Crippen LogP contribution in [0.3, 0.4) is 0 Å². The summed E-state index contributed by atoms with van der Waals surface area (Å²) in [5.41, 5.74) is 0.872. The summed E-state index contributed by atoms with van der Waals surface area (Å²) in [6.45, 7) is 5.56. The Bertz CT molecular complexity index is 898. The predicted octanol–water partition coefficient (Wildman–Crippen LogP) is 2.94. The number of imidazole rings is 1. The zero-order chi connectivity index (χ0) is 19.2. The van der Waals surface area contributed by atoms with E-state index in [0.717, 1.165) is 38.5 Å². The van der Waals surface area contributed by atoms with Crippen LogP contribution < -0.4 is 11.0 Å². The fourth-order valence-electron chi connectivity index (χ4n) is 3.90. The smallest absolute Gasteiger partial charge is 0.407 e. The van der Waals surface area contributed by atoms with Gasteiger partial charge in [-0.1, -0.05) is 0 Å². The van der Waals surface area contributed by atoms with E-state index >= 15 is 0 Å². The first kappa shape index (κ1) is 18.0. The van der Waals surface area contributed by atoms with E-state index in [2.05, 4.69) is 15.3 Å². The van der Waals surface area contributed by atoms with Crippen LogP contribution in [-0.4, -0.2) is 36.8 Å². The quantitative estimate of drug-likeness (QED) is 0.893.